The smallest absolute Gasteiger partial charge is 0.157 e. The highest BCUT2D eigenvalue weighted by Crippen LogP contribution is 2.40. The zero-order chi connectivity index (χ0) is 17.7. The Balaban J connectivity index is 1.92. The first-order chi connectivity index (χ1) is 12.8. The van der Waals surface area contributed by atoms with Crippen LogP contribution in [0.5, 0.6) is 0 Å². The van der Waals surface area contributed by atoms with Gasteiger partial charge in [-0.1, -0.05) is 12.1 Å². The van der Waals surface area contributed by atoms with E-state index in [1.54, 1.807) is 0 Å². The van der Waals surface area contributed by atoms with Crippen molar-refractivity contribution in [2.75, 3.05) is 24.6 Å². The maximum atomic E-state index is 10.0. The summed E-state index contributed by atoms with van der Waals surface area (Å²) in [6.45, 7) is 5.04. The van der Waals surface area contributed by atoms with Crippen LogP contribution in [0.4, 0.5) is 5.82 Å². The number of ether oxygens (including phenoxy) is 1. The van der Waals surface area contributed by atoms with Crippen molar-refractivity contribution in [3.05, 3.63) is 41.0 Å². The molecule has 0 bridgehead atoms. The minimum absolute atomic E-state index is 0.0100. The average Bonchev–Trinajstić information content (AvgIpc) is 3.41. The predicted molar refractivity (Wildman–Crippen MR) is 102 cm³/mol. The fraction of sp³-hybridized carbons (Fsp3) is 0.429. The van der Waals surface area contributed by atoms with E-state index in [2.05, 4.69) is 28.4 Å². The minimum Gasteiger partial charge on any atom is -0.373 e. The number of nitrogens with zero attached hydrogens (tertiary/aromatic N) is 4. The summed E-state index contributed by atoms with van der Waals surface area (Å²) in [4.78, 5) is 7.30. The molecule has 2 fully saturated rings. The van der Waals surface area contributed by atoms with Crippen LogP contribution in [0.25, 0.3) is 16.7 Å². The summed E-state index contributed by atoms with van der Waals surface area (Å²) < 4.78 is 8.20. The molecule has 2 aliphatic heterocycles. The molecule has 1 unspecified atom stereocenters. The Morgan fingerprint density at radius 3 is 2.73 bits per heavy atom. The van der Waals surface area contributed by atoms with Gasteiger partial charge >= 0.3 is 0 Å². The van der Waals surface area contributed by atoms with Crippen molar-refractivity contribution >= 4 is 22.5 Å². The van der Waals surface area contributed by atoms with E-state index in [4.69, 9.17) is 9.72 Å². The summed E-state index contributed by atoms with van der Waals surface area (Å²) in [7, 11) is 0. The van der Waals surface area contributed by atoms with Gasteiger partial charge in [-0.25, -0.2) is 4.98 Å². The lowest BCUT2D eigenvalue weighted by Gasteiger charge is -2.26. The Labute approximate surface area is 152 Å². The number of para-hydroxylation sites is 2. The second-order valence-electron chi connectivity index (χ2n) is 7.30. The Morgan fingerprint density at radius 2 is 2.00 bits per heavy atom. The van der Waals surface area contributed by atoms with E-state index in [0.29, 0.717) is 5.56 Å². The van der Waals surface area contributed by atoms with Crippen LogP contribution in [0.15, 0.2) is 24.3 Å². The lowest BCUT2D eigenvalue weighted by Crippen LogP contribution is -2.23. The van der Waals surface area contributed by atoms with Crippen LogP contribution < -0.4 is 4.90 Å². The lowest BCUT2D eigenvalue weighted by molar-refractivity contribution is 0.111. The maximum Gasteiger partial charge on any atom is 0.157 e. The molecule has 26 heavy (non-hydrogen) atoms. The first kappa shape index (κ1) is 15.7. The van der Waals surface area contributed by atoms with Gasteiger partial charge in [0.1, 0.15) is 17.5 Å². The predicted octanol–water partition coefficient (Wildman–Crippen LogP) is 4.12. The van der Waals surface area contributed by atoms with Crippen molar-refractivity contribution in [1.29, 1.82) is 5.26 Å². The number of nitriles is 1. The van der Waals surface area contributed by atoms with Crippen LogP contribution in [0.3, 0.4) is 0 Å². The molecule has 2 aliphatic rings. The molecule has 5 nitrogen and oxygen atoms in total. The minimum atomic E-state index is 0.0100. The van der Waals surface area contributed by atoms with Gasteiger partial charge in [-0.2, -0.15) is 5.26 Å². The molecule has 5 heteroatoms. The Morgan fingerprint density at radius 1 is 1.19 bits per heavy atom. The van der Waals surface area contributed by atoms with Crippen molar-refractivity contribution in [3.63, 3.8) is 0 Å². The zero-order valence-electron chi connectivity index (χ0n) is 15.0. The van der Waals surface area contributed by atoms with Crippen molar-refractivity contribution < 1.29 is 4.74 Å². The molecule has 1 aromatic carbocycles. The zero-order valence-corrected chi connectivity index (χ0v) is 15.0. The molecule has 0 saturated carbocycles. The second-order valence-corrected chi connectivity index (χ2v) is 7.30. The number of pyridine rings is 1. The summed E-state index contributed by atoms with van der Waals surface area (Å²) in [5.41, 5.74) is 5.68. The topological polar surface area (TPSA) is 53.6 Å². The molecular weight excluding hydrogens is 324 g/mol. The molecule has 2 saturated heterocycles. The number of fused-ring (bicyclic) bond motifs is 3. The highest BCUT2D eigenvalue weighted by molar-refractivity contribution is 5.86. The van der Waals surface area contributed by atoms with Crippen LogP contribution in [0.1, 0.15) is 48.5 Å². The van der Waals surface area contributed by atoms with E-state index in [-0.39, 0.29) is 6.10 Å². The van der Waals surface area contributed by atoms with Crippen molar-refractivity contribution in [2.45, 2.75) is 38.7 Å². The van der Waals surface area contributed by atoms with Crippen LogP contribution in [-0.4, -0.2) is 29.1 Å². The van der Waals surface area contributed by atoms with Crippen LogP contribution >= 0.6 is 0 Å². The summed E-state index contributed by atoms with van der Waals surface area (Å²) >= 11 is 0. The van der Waals surface area contributed by atoms with Gasteiger partial charge in [0.25, 0.3) is 0 Å². The molecule has 4 heterocycles. The molecule has 3 aromatic rings. The quantitative estimate of drug-likeness (QED) is 0.700. The van der Waals surface area contributed by atoms with Gasteiger partial charge in [-0.05, 0) is 50.3 Å². The number of anilines is 1. The van der Waals surface area contributed by atoms with Crippen LogP contribution in [0.2, 0.25) is 0 Å². The largest absolute Gasteiger partial charge is 0.373 e. The third kappa shape index (κ3) is 2.15. The third-order valence-corrected chi connectivity index (χ3v) is 5.77. The number of aromatic nitrogens is 2. The molecule has 1 atom stereocenters. The summed E-state index contributed by atoms with van der Waals surface area (Å²) in [6.07, 6.45) is 4.46. The molecule has 0 amide bonds. The molecule has 0 aliphatic carbocycles. The summed E-state index contributed by atoms with van der Waals surface area (Å²) in [5, 5.41) is 10.0. The van der Waals surface area contributed by atoms with Crippen molar-refractivity contribution in [1.82, 2.24) is 9.38 Å². The van der Waals surface area contributed by atoms with Gasteiger partial charge < -0.3 is 9.64 Å². The van der Waals surface area contributed by atoms with Gasteiger partial charge in [0, 0.05) is 25.3 Å². The molecule has 0 spiro atoms. The van der Waals surface area contributed by atoms with Crippen LogP contribution in [0, 0.1) is 18.3 Å². The van der Waals surface area contributed by atoms with E-state index in [9.17, 15) is 5.26 Å². The maximum absolute atomic E-state index is 10.0. The fourth-order valence-corrected chi connectivity index (χ4v) is 4.63. The summed E-state index contributed by atoms with van der Waals surface area (Å²) in [6, 6.07) is 10.6. The van der Waals surface area contributed by atoms with Gasteiger partial charge in [0.15, 0.2) is 5.65 Å². The molecule has 2 aromatic heterocycles. The highest BCUT2D eigenvalue weighted by atomic mass is 16.5. The molecule has 0 radical (unpaired) electrons. The van der Waals surface area contributed by atoms with Crippen molar-refractivity contribution in [3.8, 4) is 6.07 Å². The standard InChI is InChI=1S/C21H22N4O/c1-14-19(18-9-6-12-26-18)15(13-22)20-23-16-7-2-3-8-17(16)25(20)21(14)24-10-4-5-11-24/h2-3,7-8,18H,4-6,9-12H2,1H3. The highest BCUT2D eigenvalue weighted by Gasteiger charge is 2.30. The lowest BCUT2D eigenvalue weighted by atomic mass is 9.96. The number of imidazole rings is 1. The van der Waals surface area contributed by atoms with E-state index in [1.807, 2.05) is 18.2 Å². The second kappa shape index (κ2) is 6.00. The van der Waals surface area contributed by atoms with E-state index < -0.39 is 0 Å². The Hall–Kier alpha value is -2.58. The van der Waals surface area contributed by atoms with Gasteiger partial charge in [-0.3, -0.25) is 4.40 Å². The first-order valence-electron chi connectivity index (χ1n) is 9.50. The van der Waals surface area contributed by atoms with Crippen molar-refractivity contribution in [2.24, 2.45) is 0 Å². The third-order valence-electron chi connectivity index (χ3n) is 5.77. The normalized spacial score (nSPS) is 20.3. The van der Waals surface area contributed by atoms with Crippen LogP contribution in [-0.2, 0) is 4.74 Å². The van der Waals surface area contributed by atoms with Gasteiger partial charge in [0.05, 0.1) is 17.1 Å². The average molecular weight is 346 g/mol. The number of benzene rings is 1. The Kier molecular flexibility index (Phi) is 3.61. The monoisotopic (exact) mass is 346 g/mol. The Bertz CT molecular complexity index is 1030. The first-order valence-corrected chi connectivity index (χ1v) is 9.50. The molecule has 5 rings (SSSR count). The molecular formula is C21H22N4O. The number of hydrogen-bond donors (Lipinski definition) is 0. The van der Waals surface area contributed by atoms with Gasteiger partial charge in [-0.15, -0.1) is 0 Å². The van der Waals surface area contributed by atoms with E-state index in [0.717, 1.165) is 54.8 Å². The summed E-state index contributed by atoms with van der Waals surface area (Å²) in [5.74, 6) is 1.19. The van der Waals surface area contributed by atoms with Gasteiger partial charge in [0.2, 0.25) is 0 Å². The van der Waals surface area contributed by atoms with E-state index in [1.165, 1.54) is 24.2 Å². The number of hydrogen-bond acceptors (Lipinski definition) is 4. The molecule has 132 valence electrons. The number of rotatable bonds is 2. The SMILES string of the molecule is Cc1c(C2CCCO2)c(C#N)c2nc3ccccc3n2c1N1CCCC1. The fourth-order valence-electron chi connectivity index (χ4n) is 4.63. The van der Waals surface area contributed by atoms with E-state index >= 15 is 0 Å². The molecule has 0 N–H and O–H groups in total.